The van der Waals surface area contributed by atoms with Crippen molar-refractivity contribution >= 4 is 5.91 Å². The minimum absolute atomic E-state index is 0.0426. The van der Waals surface area contributed by atoms with Gasteiger partial charge in [0.25, 0.3) is 5.91 Å². The zero-order chi connectivity index (χ0) is 20.0. The van der Waals surface area contributed by atoms with Gasteiger partial charge in [-0.1, -0.05) is 6.42 Å². The first kappa shape index (κ1) is 18.4. The highest BCUT2D eigenvalue weighted by Crippen LogP contribution is 2.55. The molecule has 2 aliphatic carbocycles. The lowest BCUT2D eigenvalue weighted by molar-refractivity contribution is 0.0719. The number of hydrogen-bond donors (Lipinski definition) is 0. The van der Waals surface area contributed by atoms with Gasteiger partial charge in [0.2, 0.25) is 11.8 Å². The summed E-state index contributed by atoms with van der Waals surface area (Å²) in [5, 5.41) is 8.71. The number of carbonyl (C=O) groups excluding carboxylic acids is 1. The standard InChI is InChI=1S/C21H27N5O3/c1-28-17-7-6-15(19(23-17)29-2)20(27)25-11-16(21(12-25)8-3-9-21)18-24-22-13-26(18)10-14-4-5-14/h6-7,13-14,16H,3-5,8-12H2,1-2H3. The SMILES string of the molecule is COc1ccc(C(=O)N2CC(c3nncn3CC3CC3)C3(CCC3)C2)c(OC)n1. The molecular weight excluding hydrogens is 370 g/mol. The van der Waals surface area contributed by atoms with E-state index < -0.39 is 0 Å². The van der Waals surface area contributed by atoms with E-state index in [0.29, 0.717) is 23.9 Å². The lowest BCUT2D eigenvalue weighted by atomic mass is 9.62. The first-order valence-corrected chi connectivity index (χ1v) is 10.4. The maximum Gasteiger partial charge on any atom is 0.259 e. The summed E-state index contributed by atoms with van der Waals surface area (Å²) >= 11 is 0. The zero-order valence-corrected chi connectivity index (χ0v) is 17.0. The van der Waals surface area contributed by atoms with Crippen LogP contribution in [0.3, 0.4) is 0 Å². The van der Waals surface area contributed by atoms with Crippen molar-refractivity contribution in [2.24, 2.45) is 11.3 Å². The van der Waals surface area contributed by atoms with Crippen LogP contribution in [-0.2, 0) is 6.54 Å². The second-order valence-corrected chi connectivity index (χ2v) is 8.65. The Labute approximate surface area is 170 Å². The molecule has 8 nitrogen and oxygen atoms in total. The van der Waals surface area contributed by atoms with Crippen LogP contribution in [0.4, 0.5) is 0 Å². The minimum atomic E-state index is -0.0426. The zero-order valence-electron chi connectivity index (χ0n) is 17.0. The predicted octanol–water partition coefficient (Wildman–Crippen LogP) is 2.51. The summed E-state index contributed by atoms with van der Waals surface area (Å²) in [6.45, 7) is 2.42. The molecule has 154 valence electrons. The van der Waals surface area contributed by atoms with Gasteiger partial charge in [-0.05, 0) is 43.1 Å². The van der Waals surface area contributed by atoms with E-state index in [9.17, 15) is 4.79 Å². The number of aromatic nitrogens is 4. The fourth-order valence-corrected chi connectivity index (χ4v) is 4.90. The predicted molar refractivity (Wildman–Crippen MR) is 105 cm³/mol. The molecule has 1 spiro atoms. The Morgan fingerprint density at radius 3 is 2.72 bits per heavy atom. The Hall–Kier alpha value is -2.64. The van der Waals surface area contributed by atoms with E-state index >= 15 is 0 Å². The van der Waals surface area contributed by atoms with Crippen molar-refractivity contribution in [3.05, 3.63) is 29.8 Å². The molecule has 1 amide bonds. The van der Waals surface area contributed by atoms with E-state index in [2.05, 4.69) is 19.7 Å². The summed E-state index contributed by atoms with van der Waals surface area (Å²) in [4.78, 5) is 19.6. The van der Waals surface area contributed by atoms with Crippen molar-refractivity contribution in [1.82, 2.24) is 24.6 Å². The van der Waals surface area contributed by atoms with Crippen LogP contribution in [-0.4, -0.2) is 57.9 Å². The highest BCUT2D eigenvalue weighted by molar-refractivity contribution is 5.96. The van der Waals surface area contributed by atoms with Crippen molar-refractivity contribution in [1.29, 1.82) is 0 Å². The topological polar surface area (TPSA) is 82.4 Å². The van der Waals surface area contributed by atoms with Gasteiger partial charge in [0.05, 0.1) is 14.2 Å². The van der Waals surface area contributed by atoms with Gasteiger partial charge in [-0.15, -0.1) is 10.2 Å². The maximum absolute atomic E-state index is 13.4. The largest absolute Gasteiger partial charge is 0.481 e. The maximum atomic E-state index is 13.4. The summed E-state index contributed by atoms with van der Waals surface area (Å²) < 4.78 is 12.8. The third-order valence-corrected chi connectivity index (χ3v) is 6.86. The molecule has 0 radical (unpaired) electrons. The number of nitrogens with zero attached hydrogens (tertiary/aromatic N) is 5. The van der Waals surface area contributed by atoms with Gasteiger partial charge >= 0.3 is 0 Å². The lowest BCUT2D eigenvalue weighted by Gasteiger charge is -2.42. The molecule has 3 aliphatic rings. The van der Waals surface area contributed by atoms with E-state index in [1.54, 1.807) is 19.2 Å². The Morgan fingerprint density at radius 1 is 1.24 bits per heavy atom. The van der Waals surface area contributed by atoms with Crippen LogP contribution in [0.1, 0.15) is 54.2 Å². The van der Waals surface area contributed by atoms with Gasteiger partial charge in [-0.2, -0.15) is 4.98 Å². The molecule has 0 aromatic carbocycles. The smallest absolute Gasteiger partial charge is 0.259 e. The molecule has 2 aromatic rings. The number of pyridine rings is 1. The van der Waals surface area contributed by atoms with E-state index in [4.69, 9.17) is 9.47 Å². The number of methoxy groups -OCH3 is 2. The summed E-state index contributed by atoms with van der Waals surface area (Å²) in [6.07, 6.45) is 7.93. The monoisotopic (exact) mass is 397 g/mol. The fourth-order valence-electron chi connectivity index (χ4n) is 4.90. The van der Waals surface area contributed by atoms with Crippen LogP contribution in [0, 0.1) is 11.3 Å². The highest BCUT2D eigenvalue weighted by Gasteiger charge is 2.54. The second kappa shape index (κ2) is 7.00. The summed E-state index contributed by atoms with van der Waals surface area (Å²) in [5.41, 5.74) is 0.597. The van der Waals surface area contributed by atoms with E-state index in [1.165, 1.54) is 26.4 Å². The van der Waals surface area contributed by atoms with Gasteiger partial charge in [0, 0.05) is 31.6 Å². The van der Waals surface area contributed by atoms with Gasteiger partial charge < -0.3 is 18.9 Å². The molecule has 0 N–H and O–H groups in total. The normalized spacial score (nSPS) is 22.6. The number of likely N-dealkylation sites (tertiary alicyclic amines) is 1. The molecule has 5 rings (SSSR count). The third kappa shape index (κ3) is 3.14. The highest BCUT2D eigenvalue weighted by atomic mass is 16.5. The summed E-state index contributed by atoms with van der Waals surface area (Å²) in [7, 11) is 3.07. The Kier molecular flexibility index (Phi) is 4.44. The molecule has 1 saturated heterocycles. The van der Waals surface area contributed by atoms with E-state index in [0.717, 1.165) is 37.7 Å². The fraction of sp³-hybridized carbons (Fsp3) is 0.619. The number of rotatable bonds is 6. The quantitative estimate of drug-likeness (QED) is 0.745. The molecule has 8 heteroatoms. The third-order valence-electron chi connectivity index (χ3n) is 6.86. The number of hydrogen-bond acceptors (Lipinski definition) is 6. The Bertz CT molecular complexity index is 919. The first-order valence-electron chi connectivity index (χ1n) is 10.4. The number of amides is 1. The van der Waals surface area contributed by atoms with Crippen molar-refractivity contribution in [3.63, 3.8) is 0 Å². The van der Waals surface area contributed by atoms with E-state index in [-0.39, 0.29) is 17.2 Å². The van der Waals surface area contributed by atoms with E-state index in [1.807, 2.05) is 11.2 Å². The molecule has 1 unspecified atom stereocenters. The van der Waals surface area contributed by atoms with Crippen LogP contribution in [0.15, 0.2) is 18.5 Å². The molecule has 2 aromatic heterocycles. The van der Waals surface area contributed by atoms with Gasteiger partial charge in [-0.25, -0.2) is 0 Å². The molecule has 2 saturated carbocycles. The number of carbonyl (C=O) groups is 1. The summed E-state index contributed by atoms with van der Waals surface area (Å²) in [5.74, 6) is 2.74. The van der Waals surface area contributed by atoms with Crippen molar-refractivity contribution in [2.75, 3.05) is 27.3 Å². The second-order valence-electron chi connectivity index (χ2n) is 8.65. The lowest BCUT2D eigenvalue weighted by Crippen LogP contribution is -2.38. The van der Waals surface area contributed by atoms with Crippen LogP contribution in [0.5, 0.6) is 11.8 Å². The Balaban J connectivity index is 1.42. The molecule has 0 bridgehead atoms. The Morgan fingerprint density at radius 2 is 2.07 bits per heavy atom. The molecule has 1 aliphatic heterocycles. The van der Waals surface area contributed by atoms with Crippen molar-refractivity contribution < 1.29 is 14.3 Å². The van der Waals surface area contributed by atoms with Gasteiger partial charge in [0.15, 0.2) is 0 Å². The molecule has 29 heavy (non-hydrogen) atoms. The van der Waals surface area contributed by atoms with Gasteiger partial charge in [-0.3, -0.25) is 4.79 Å². The van der Waals surface area contributed by atoms with Crippen LogP contribution >= 0.6 is 0 Å². The first-order chi connectivity index (χ1) is 14.1. The minimum Gasteiger partial charge on any atom is -0.481 e. The van der Waals surface area contributed by atoms with Crippen LogP contribution < -0.4 is 9.47 Å². The molecule has 1 atom stereocenters. The summed E-state index contributed by atoms with van der Waals surface area (Å²) in [6, 6.07) is 3.44. The molecule has 3 fully saturated rings. The average molecular weight is 397 g/mol. The van der Waals surface area contributed by atoms with Crippen molar-refractivity contribution in [2.45, 2.75) is 44.6 Å². The number of ether oxygens (including phenoxy) is 2. The van der Waals surface area contributed by atoms with Crippen LogP contribution in [0.2, 0.25) is 0 Å². The molecular formula is C21H27N5O3. The van der Waals surface area contributed by atoms with Crippen LogP contribution in [0.25, 0.3) is 0 Å². The van der Waals surface area contributed by atoms with Crippen molar-refractivity contribution in [3.8, 4) is 11.8 Å². The van der Waals surface area contributed by atoms with Gasteiger partial charge in [0.1, 0.15) is 17.7 Å². The molecule has 3 heterocycles. The average Bonchev–Trinajstić information content (AvgIpc) is 3.25.